The molecule has 1 aliphatic heterocycles. The van der Waals surface area contributed by atoms with Gasteiger partial charge in [-0.2, -0.15) is 0 Å². The van der Waals surface area contributed by atoms with Crippen LogP contribution in [0, 0.1) is 0 Å². The van der Waals surface area contributed by atoms with Gasteiger partial charge in [0.25, 0.3) is 0 Å². The maximum atomic E-state index is 10.8. The first-order chi connectivity index (χ1) is 13.0. The number of morpholine rings is 1. The fourth-order valence-electron chi connectivity index (χ4n) is 3.03. The zero-order valence-corrected chi connectivity index (χ0v) is 17.5. The number of rotatable bonds is 6. The summed E-state index contributed by atoms with van der Waals surface area (Å²) in [5, 5.41) is 10.1. The Labute approximate surface area is 181 Å². The molecular weight excluding hydrogens is 421 g/mol. The van der Waals surface area contributed by atoms with Gasteiger partial charge in [0.15, 0.2) is 0 Å². The van der Waals surface area contributed by atoms with Crippen molar-refractivity contribution in [2.45, 2.75) is 12.5 Å². The monoisotopic (exact) mass is 441 g/mol. The number of carbonyl (C=O) groups is 1. The summed E-state index contributed by atoms with van der Waals surface area (Å²) in [5.41, 5.74) is 2.92. The van der Waals surface area contributed by atoms with Gasteiger partial charge in [-0.1, -0.05) is 65.7 Å². The Morgan fingerprint density at radius 1 is 1.14 bits per heavy atom. The molecule has 1 aliphatic rings. The average Bonchev–Trinajstić information content (AvgIpc) is 2.67. The van der Waals surface area contributed by atoms with Crippen LogP contribution in [0.15, 0.2) is 42.5 Å². The summed E-state index contributed by atoms with van der Waals surface area (Å²) >= 11 is 12.4. The zero-order valence-electron chi connectivity index (χ0n) is 15.2. The van der Waals surface area contributed by atoms with Gasteiger partial charge in [-0.15, -0.1) is 12.4 Å². The second-order valence-electron chi connectivity index (χ2n) is 6.44. The molecule has 1 saturated heterocycles. The van der Waals surface area contributed by atoms with E-state index in [-0.39, 0.29) is 24.9 Å². The predicted octanol–water partition coefficient (Wildman–Crippen LogP) is 5.43. The van der Waals surface area contributed by atoms with Crippen molar-refractivity contribution in [1.29, 1.82) is 0 Å². The molecule has 2 aromatic carbocycles. The first-order valence-electron chi connectivity index (χ1n) is 8.81. The van der Waals surface area contributed by atoms with Crippen molar-refractivity contribution in [3.8, 4) is 0 Å². The van der Waals surface area contributed by atoms with E-state index in [0.717, 1.165) is 23.2 Å². The lowest BCUT2D eigenvalue weighted by atomic mass is 10.0. The molecule has 1 unspecified atom stereocenters. The second-order valence-corrected chi connectivity index (χ2v) is 7.25. The number of aliphatic carboxylic acids is 1. The van der Waals surface area contributed by atoms with E-state index in [1.54, 1.807) is 0 Å². The molecule has 1 heterocycles. The lowest BCUT2D eigenvalue weighted by Crippen LogP contribution is -2.39. The molecule has 28 heavy (non-hydrogen) atoms. The van der Waals surface area contributed by atoms with Crippen molar-refractivity contribution >= 4 is 53.7 Å². The van der Waals surface area contributed by atoms with E-state index in [2.05, 4.69) is 4.90 Å². The number of carboxylic acids is 1. The second kappa shape index (κ2) is 10.8. The van der Waals surface area contributed by atoms with E-state index in [1.165, 1.54) is 0 Å². The van der Waals surface area contributed by atoms with Crippen molar-refractivity contribution < 1.29 is 14.6 Å². The number of nitrogens with zero attached hydrogens (tertiary/aromatic N) is 1. The maximum absolute atomic E-state index is 10.8. The molecule has 1 N–H and O–H groups in total. The molecule has 0 aliphatic carbocycles. The Morgan fingerprint density at radius 3 is 2.46 bits per heavy atom. The van der Waals surface area contributed by atoms with Gasteiger partial charge in [0.2, 0.25) is 0 Å². The summed E-state index contributed by atoms with van der Waals surface area (Å²) < 4.78 is 5.86. The molecule has 0 bridgehead atoms. The van der Waals surface area contributed by atoms with E-state index < -0.39 is 5.97 Å². The lowest BCUT2D eigenvalue weighted by molar-refractivity contribution is -0.137. The van der Waals surface area contributed by atoms with Gasteiger partial charge in [-0.25, -0.2) is 0 Å². The molecule has 7 heteroatoms. The van der Waals surface area contributed by atoms with Crippen molar-refractivity contribution in [3.05, 3.63) is 69.2 Å². The van der Waals surface area contributed by atoms with Crippen LogP contribution in [0.5, 0.6) is 0 Å². The van der Waals surface area contributed by atoms with Crippen molar-refractivity contribution in [2.75, 3.05) is 26.2 Å². The number of hydrogen-bond donors (Lipinski definition) is 1. The molecule has 0 saturated carbocycles. The molecule has 0 aromatic heterocycles. The number of ether oxygens (including phenoxy) is 1. The third-order valence-corrected chi connectivity index (χ3v) is 5.20. The topological polar surface area (TPSA) is 49.8 Å². The lowest BCUT2D eigenvalue weighted by Gasteiger charge is -2.32. The Bertz CT molecular complexity index is 804. The van der Waals surface area contributed by atoms with Crippen LogP contribution in [0.3, 0.4) is 0 Å². The number of benzene rings is 2. The first-order valence-corrected chi connectivity index (χ1v) is 9.56. The fraction of sp³-hybridized carbons (Fsp3) is 0.286. The van der Waals surface area contributed by atoms with Gasteiger partial charge in [-0.3, -0.25) is 9.69 Å². The Morgan fingerprint density at radius 2 is 1.82 bits per heavy atom. The summed E-state index contributed by atoms with van der Waals surface area (Å²) in [5.74, 6) is -0.771. The van der Waals surface area contributed by atoms with Crippen LogP contribution in [0.2, 0.25) is 10.0 Å². The summed E-state index contributed by atoms with van der Waals surface area (Å²) in [6, 6.07) is 13.6. The van der Waals surface area contributed by atoms with E-state index in [0.29, 0.717) is 29.7 Å². The van der Waals surface area contributed by atoms with Gasteiger partial charge in [-0.05, 0) is 23.3 Å². The van der Waals surface area contributed by atoms with E-state index >= 15 is 0 Å². The molecule has 0 amide bonds. The summed E-state index contributed by atoms with van der Waals surface area (Å²) in [6.07, 6.45) is 3.99. The highest BCUT2D eigenvalue weighted by atomic mass is 35.5. The average molecular weight is 443 g/mol. The third-order valence-electron chi connectivity index (χ3n) is 4.54. The quantitative estimate of drug-likeness (QED) is 0.606. The van der Waals surface area contributed by atoms with Gasteiger partial charge in [0.1, 0.15) is 0 Å². The standard InChI is InChI=1S/C21H21Cl2NO3.ClH/c22-18-2-1-3-19(23)17(18)9-6-15-4-7-16(8-5-15)20-14-24(12-13-27-20)11-10-21(25)26;/h1-9,20H,10-14H2,(H,25,26);1H. The Balaban J connectivity index is 0.00000280. The first kappa shape index (κ1) is 22.7. The summed E-state index contributed by atoms with van der Waals surface area (Å²) in [7, 11) is 0. The van der Waals surface area contributed by atoms with E-state index in [1.807, 2.05) is 54.6 Å². The van der Waals surface area contributed by atoms with Crippen molar-refractivity contribution in [1.82, 2.24) is 4.90 Å². The minimum absolute atomic E-state index is 0. The van der Waals surface area contributed by atoms with Crippen LogP contribution in [0.25, 0.3) is 12.2 Å². The van der Waals surface area contributed by atoms with Crippen LogP contribution >= 0.6 is 35.6 Å². The Hall–Kier alpha value is -1.56. The number of carboxylic acid groups (broad SMARTS) is 1. The van der Waals surface area contributed by atoms with E-state index in [4.69, 9.17) is 33.0 Å². The van der Waals surface area contributed by atoms with Crippen molar-refractivity contribution in [2.24, 2.45) is 0 Å². The van der Waals surface area contributed by atoms with Gasteiger partial charge < -0.3 is 9.84 Å². The third kappa shape index (κ3) is 6.23. The molecule has 150 valence electrons. The van der Waals surface area contributed by atoms with Gasteiger partial charge in [0, 0.05) is 35.2 Å². The molecule has 2 aromatic rings. The van der Waals surface area contributed by atoms with Gasteiger partial charge in [0.05, 0.1) is 19.1 Å². The molecule has 4 nitrogen and oxygen atoms in total. The summed E-state index contributed by atoms with van der Waals surface area (Å²) in [6.45, 7) is 2.63. The van der Waals surface area contributed by atoms with Crippen LogP contribution in [0.1, 0.15) is 29.2 Å². The van der Waals surface area contributed by atoms with Crippen molar-refractivity contribution in [3.63, 3.8) is 0 Å². The molecule has 1 atom stereocenters. The molecule has 0 spiro atoms. The van der Waals surface area contributed by atoms with Crippen LogP contribution in [-0.2, 0) is 9.53 Å². The van der Waals surface area contributed by atoms with Crippen LogP contribution in [0.4, 0.5) is 0 Å². The molecular formula is C21H22Cl3NO3. The molecule has 1 fully saturated rings. The van der Waals surface area contributed by atoms with E-state index in [9.17, 15) is 4.79 Å². The minimum Gasteiger partial charge on any atom is -0.481 e. The Kier molecular flexibility index (Phi) is 8.80. The summed E-state index contributed by atoms with van der Waals surface area (Å²) in [4.78, 5) is 12.9. The highest BCUT2D eigenvalue weighted by Crippen LogP contribution is 2.27. The highest BCUT2D eigenvalue weighted by Gasteiger charge is 2.22. The van der Waals surface area contributed by atoms with Crippen LogP contribution in [-0.4, -0.2) is 42.2 Å². The largest absolute Gasteiger partial charge is 0.481 e. The highest BCUT2D eigenvalue weighted by molar-refractivity contribution is 6.37. The minimum atomic E-state index is -0.771. The SMILES string of the molecule is Cl.O=C(O)CCN1CCOC(c2ccc(C=Cc3c(Cl)cccc3Cl)cc2)C1. The fourth-order valence-corrected chi connectivity index (χ4v) is 3.56. The predicted molar refractivity (Wildman–Crippen MR) is 116 cm³/mol. The zero-order chi connectivity index (χ0) is 19.2. The van der Waals surface area contributed by atoms with Crippen LogP contribution < -0.4 is 0 Å². The number of halogens is 3. The molecule has 0 radical (unpaired) electrons. The number of hydrogen-bond acceptors (Lipinski definition) is 3. The van der Waals surface area contributed by atoms with Gasteiger partial charge >= 0.3 is 5.97 Å². The molecule has 3 rings (SSSR count). The normalized spacial score (nSPS) is 17.4. The maximum Gasteiger partial charge on any atom is 0.304 e. The smallest absolute Gasteiger partial charge is 0.304 e.